The zero-order chi connectivity index (χ0) is 12.3. The van der Waals surface area contributed by atoms with Crippen molar-refractivity contribution < 1.29 is 4.79 Å². The number of H-pyrrole nitrogens is 1. The number of carbonyl (C=O) groups is 1. The molecule has 0 aliphatic heterocycles. The third-order valence-corrected chi connectivity index (χ3v) is 3.37. The van der Waals surface area contributed by atoms with E-state index in [1.54, 1.807) is 0 Å². The van der Waals surface area contributed by atoms with Crippen LogP contribution in [0.5, 0.6) is 0 Å². The number of rotatable bonds is 4. The lowest BCUT2D eigenvalue weighted by Gasteiger charge is -1.98. The Hall–Kier alpha value is -1.76. The highest BCUT2D eigenvalue weighted by molar-refractivity contribution is 7.13. The van der Waals surface area contributed by atoms with Gasteiger partial charge in [-0.15, -0.1) is 11.3 Å². The van der Waals surface area contributed by atoms with E-state index in [1.807, 2.05) is 6.92 Å². The molecule has 7 heteroatoms. The van der Waals surface area contributed by atoms with E-state index in [9.17, 15) is 4.79 Å². The lowest BCUT2D eigenvalue weighted by Crippen LogP contribution is -2.12. The summed E-state index contributed by atoms with van der Waals surface area (Å²) in [5, 5.41) is 9.87. The van der Waals surface area contributed by atoms with Gasteiger partial charge in [-0.1, -0.05) is 6.92 Å². The first-order chi connectivity index (χ1) is 8.20. The molecule has 2 N–H and O–H groups in total. The molecule has 6 nitrogen and oxygen atoms in total. The summed E-state index contributed by atoms with van der Waals surface area (Å²) in [4.78, 5) is 20.8. The molecule has 0 spiro atoms. The predicted octanol–water partition coefficient (Wildman–Crippen LogP) is 1.77. The Kier molecular flexibility index (Phi) is 3.48. The maximum Gasteiger partial charge on any atom is 0.270 e. The molecule has 17 heavy (non-hydrogen) atoms. The van der Waals surface area contributed by atoms with Crippen LogP contribution >= 0.6 is 11.3 Å². The van der Waals surface area contributed by atoms with Crippen LogP contribution in [0.2, 0.25) is 0 Å². The molecule has 0 bridgehead atoms. The Morgan fingerprint density at radius 1 is 1.59 bits per heavy atom. The van der Waals surface area contributed by atoms with Crippen molar-refractivity contribution in [3.8, 4) is 0 Å². The van der Waals surface area contributed by atoms with Gasteiger partial charge in [-0.25, -0.2) is 10.1 Å². The molecule has 0 fully saturated rings. The second-order valence-corrected chi connectivity index (χ2v) is 4.64. The monoisotopic (exact) mass is 251 g/mol. The molecular formula is C10H13N5OS. The van der Waals surface area contributed by atoms with Crippen molar-refractivity contribution in [2.75, 3.05) is 5.32 Å². The number of nitrogens with one attached hydrogen (secondary N) is 2. The summed E-state index contributed by atoms with van der Waals surface area (Å²) in [5.74, 6) is 0.152. The Morgan fingerprint density at radius 3 is 3.06 bits per heavy atom. The molecule has 2 aromatic heterocycles. The number of aromatic nitrogens is 4. The van der Waals surface area contributed by atoms with E-state index in [0.29, 0.717) is 10.8 Å². The van der Waals surface area contributed by atoms with Gasteiger partial charge in [-0.05, 0) is 19.8 Å². The molecule has 2 aromatic rings. The molecule has 90 valence electrons. The molecule has 0 radical (unpaired) electrons. The average molecular weight is 251 g/mol. The Morgan fingerprint density at radius 2 is 2.41 bits per heavy atom. The molecule has 0 saturated carbocycles. The standard InChI is InChI=1S/C10H13N5OS/c1-3-4-7-13-6(2)8(17-7)9(16)14-10-11-5-12-15-10/h5H,3-4H2,1-2H3,(H2,11,12,14,15,16). The molecule has 0 aliphatic carbocycles. The van der Waals surface area contributed by atoms with Crippen LogP contribution < -0.4 is 5.32 Å². The highest BCUT2D eigenvalue weighted by Crippen LogP contribution is 2.20. The van der Waals surface area contributed by atoms with Gasteiger partial charge in [0.05, 0.1) is 10.7 Å². The van der Waals surface area contributed by atoms with Crippen LogP contribution in [-0.2, 0) is 6.42 Å². The molecule has 0 aromatic carbocycles. The third kappa shape index (κ3) is 2.68. The summed E-state index contributed by atoms with van der Waals surface area (Å²) in [5.41, 5.74) is 0.760. The fourth-order valence-corrected chi connectivity index (χ4v) is 2.48. The fraction of sp³-hybridized carbons (Fsp3) is 0.400. The highest BCUT2D eigenvalue weighted by atomic mass is 32.1. The third-order valence-electron chi connectivity index (χ3n) is 2.16. The van der Waals surface area contributed by atoms with Crippen LogP contribution in [0.15, 0.2) is 6.33 Å². The lowest BCUT2D eigenvalue weighted by molar-refractivity contribution is 0.102. The minimum atomic E-state index is -0.195. The molecule has 0 unspecified atom stereocenters. The van der Waals surface area contributed by atoms with Gasteiger partial charge in [0.15, 0.2) is 0 Å². The maximum absolute atomic E-state index is 11.9. The molecular weight excluding hydrogens is 238 g/mol. The van der Waals surface area contributed by atoms with Gasteiger partial charge in [0.1, 0.15) is 11.2 Å². The van der Waals surface area contributed by atoms with E-state index >= 15 is 0 Å². The first kappa shape index (κ1) is 11.7. The van der Waals surface area contributed by atoms with Gasteiger partial charge in [-0.3, -0.25) is 10.1 Å². The number of thiazole rings is 1. The summed E-state index contributed by atoms with van der Waals surface area (Å²) in [6.45, 7) is 3.93. The first-order valence-electron chi connectivity index (χ1n) is 5.33. The summed E-state index contributed by atoms with van der Waals surface area (Å²) >= 11 is 1.43. The summed E-state index contributed by atoms with van der Waals surface area (Å²) in [6, 6.07) is 0. The van der Waals surface area contributed by atoms with Crippen molar-refractivity contribution in [1.29, 1.82) is 0 Å². The Bertz CT molecular complexity index is 505. The number of aryl methyl sites for hydroxylation is 2. The van der Waals surface area contributed by atoms with E-state index in [0.717, 1.165) is 23.5 Å². The fourth-order valence-electron chi connectivity index (χ4n) is 1.41. The smallest absolute Gasteiger partial charge is 0.270 e. The number of anilines is 1. The van der Waals surface area contributed by atoms with Gasteiger partial charge in [0.2, 0.25) is 5.95 Å². The minimum absolute atomic E-state index is 0.195. The van der Waals surface area contributed by atoms with Crippen LogP contribution in [0.1, 0.15) is 33.7 Å². The van der Waals surface area contributed by atoms with Crippen molar-refractivity contribution in [2.24, 2.45) is 0 Å². The van der Waals surface area contributed by atoms with Gasteiger partial charge < -0.3 is 0 Å². The normalized spacial score (nSPS) is 10.5. The zero-order valence-corrected chi connectivity index (χ0v) is 10.5. The van der Waals surface area contributed by atoms with Crippen molar-refractivity contribution >= 4 is 23.2 Å². The number of amides is 1. The second kappa shape index (κ2) is 5.05. The van der Waals surface area contributed by atoms with E-state index in [2.05, 4.69) is 32.4 Å². The number of nitrogens with zero attached hydrogens (tertiary/aromatic N) is 3. The van der Waals surface area contributed by atoms with Crippen LogP contribution in [0.3, 0.4) is 0 Å². The highest BCUT2D eigenvalue weighted by Gasteiger charge is 2.15. The molecule has 2 heterocycles. The number of hydrogen-bond donors (Lipinski definition) is 2. The summed E-state index contributed by atoms with van der Waals surface area (Å²) in [7, 11) is 0. The van der Waals surface area contributed by atoms with E-state index < -0.39 is 0 Å². The number of carbonyl (C=O) groups excluding carboxylic acids is 1. The van der Waals surface area contributed by atoms with Gasteiger partial charge in [0, 0.05) is 0 Å². The van der Waals surface area contributed by atoms with Gasteiger partial charge in [-0.2, -0.15) is 10.1 Å². The van der Waals surface area contributed by atoms with E-state index in [4.69, 9.17) is 0 Å². The van der Waals surface area contributed by atoms with E-state index in [-0.39, 0.29) is 5.91 Å². The largest absolute Gasteiger partial charge is 0.290 e. The minimum Gasteiger partial charge on any atom is -0.290 e. The summed E-state index contributed by atoms with van der Waals surface area (Å²) < 4.78 is 0. The first-order valence-corrected chi connectivity index (χ1v) is 6.15. The van der Waals surface area contributed by atoms with Crippen LogP contribution in [-0.4, -0.2) is 26.1 Å². The van der Waals surface area contributed by atoms with Crippen molar-refractivity contribution in [3.05, 3.63) is 21.9 Å². The topological polar surface area (TPSA) is 83.6 Å². The Balaban J connectivity index is 2.13. The van der Waals surface area contributed by atoms with Crippen molar-refractivity contribution in [2.45, 2.75) is 26.7 Å². The van der Waals surface area contributed by atoms with Crippen molar-refractivity contribution in [3.63, 3.8) is 0 Å². The maximum atomic E-state index is 11.9. The van der Waals surface area contributed by atoms with Gasteiger partial charge >= 0.3 is 0 Å². The molecule has 0 atom stereocenters. The van der Waals surface area contributed by atoms with Crippen LogP contribution in [0.25, 0.3) is 0 Å². The van der Waals surface area contributed by atoms with Gasteiger partial charge in [0.25, 0.3) is 5.91 Å². The number of aromatic amines is 1. The summed E-state index contributed by atoms with van der Waals surface area (Å²) in [6.07, 6.45) is 3.27. The molecule has 1 amide bonds. The SMILES string of the molecule is CCCc1nc(C)c(C(=O)Nc2ncn[nH]2)s1. The quantitative estimate of drug-likeness (QED) is 0.867. The zero-order valence-electron chi connectivity index (χ0n) is 9.65. The molecule has 0 aliphatic rings. The average Bonchev–Trinajstić information content (AvgIpc) is 2.88. The molecule has 0 saturated heterocycles. The van der Waals surface area contributed by atoms with Crippen LogP contribution in [0, 0.1) is 6.92 Å². The Labute approximate surface area is 103 Å². The van der Waals surface area contributed by atoms with Crippen molar-refractivity contribution in [1.82, 2.24) is 20.2 Å². The number of hydrogen-bond acceptors (Lipinski definition) is 5. The predicted molar refractivity (Wildman–Crippen MR) is 65.2 cm³/mol. The van der Waals surface area contributed by atoms with Crippen LogP contribution in [0.4, 0.5) is 5.95 Å². The lowest BCUT2D eigenvalue weighted by atomic mass is 10.3. The second-order valence-electron chi connectivity index (χ2n) is 3.56. The molecule has 2 rings (SSSR count). The van der Waals surface area contributed by atoms with E-state index in [1.165, 1.54) is 17.7 Å².